The predicted molar refractivity (Wildman–Crippen MR) is 71.6 cm³/mol. The number of imide groups is 1. The molecule has 2 rings (SSSR count). The maximum Gasteiger partial charge on any atom is 0.394 e. The second kappa shape index (κ2) is 6.65. The fourth-order valence-electron chi connectivity index (χ4n) is 2.82. The normalized spacial score (nSPS) is 24.5. The lowest BCUT2D eigenvalue weighted by molar-refractivity contribution is -0.188. The molecule has 2 fully saturated rings. The maximum atomic E-state index is 12.9. The Morgan fingerprint density at radius 3 is 2.38 bits per heavy atom. The fourth-order valence-corrected chi connectivity index (χ4v) is 2.82. The lowest BCUT2D eigenvalue weighted by Gasteiger charge is -2.18. The largest absolute Gasteiger partial charge is 0.481 e. The van der Waals surface area contributed by atoms with Crippen LogP contribution in [0.3, 0.4) is 0 Å². The van der Waals surface area contributed by atoms with E-state index >= 15 is 0 Å². The van der Waals surface area contributed by atoms with E-state index < -0.39 is 54.9 Å². The molecule has 0 aliphatic carbocycles. The zero-order valence-corrected chi connectivity index (χ0v) is 12.5. The monoisotopic (exact) mass is 351 g/mol. The highest BCUT2D eigenvalue weighted by Crippen LogP contribution is 2.37. The summed E-state index contributed by atoms with van der Waals surface area (Å²) in [4.78, 5) is 47.4. The minimum Gasteiger partial charge on any atom is -0.481 e. The van der Waals surface area contributed by atoms with Gasteiger partial charge in [-0.1, -0.05) is 0 Å². The van der Waals surface area contributed by atoms with Gasteiger partial charge >= 0.3 is 18.2 Å². The van der Waals surface area contributed by atoms with Crippen LogP contribution < -0.4 is 5.32 Å². The van der Waals surface area contributed by atoms with Crippen molar-refractivity contribution in [1.29, 1.82) is 0 Å². The van der Waals surface area contributed by atoms with Crippen LogP contribution in [0, 0.1) is 11.8 Å². The van der Waals surface area contributed by atoms with Crippen LogP contribution in [0.15, 0.2) is 0 Å². The summed E-state index contributed by atoms with van der Waals surface area (Å²) in [5.41, 5.74) is 0. The summed E-state index contributed by atoms with van der Waals surface area (Å²) in [7, 11) is 0. The fraction of sp³-hybridized carbons (Fsp3) is 0.692. The van der Waals surface area contributed by atoms with Crippen molar-refractivity contribution >= 4 is 23.8 Å². The van der Waals surface area contributed by atoms with Gasteiger partial charge in [-0.25, -0.2) is 4.79 Å². The second-order valence-electron chi connectivity index (χ2n) is 5.70. The summed E-state index contributed by atoms with van der Waals surface area (Å²) in [6.45, 7) is -1.33. The molecule has 134 valence electrons. The van der Waals surface area contributed by atoms with Crippen LogP contribution in [0.4, 0.5) is 18.0 Å². The molecule has 2 aliphatic heterocycles. The van der Waals surface area contributed by atoms with Gasteiger partial charge in [-0.3, -0.25) is 19.3 Å². The molecule has 24 heavy (non-hydrogen) atoms. The number of carbonyl (C=O) groups excluding carboxylic acids is 3. The number of nitrogens with one attached hydrogen (secondary N) is 1. The van der Waals surface area contributed by atoms with E-state index in [1.54, 1.807) is 0 Å². The molecule has 0 spiro atoms. The molecule has 0 saturated carbocycles. The smallest absolute Gasteiger partial charge is 0.394 e. The molecule has 2 aliphatic rings. The summed E-state index contributed by atoms with van der Waals surface area (Å²) >= 11 is 0. The van der Waals surface area contributed by atoms with Crippen LogP contribution in [0.25, 0.3) is 0 Å². The number of halogens is 3. The Hall–Kier alpha value is -2.33. The number of carboxylic acid groups (broad SMARTS) is 1. The van der Waals surface area contributed by atoms with Crippen LogP contribution in [-0.2, 0) is 14.4 Å². The van der Waals surface area contributed by atoms with Crippen LogP contribution >= 0.6 is 0 Å². The zero-order valence-electron chi connectivity index (χ0n) is 12.5. The van der Waals surface area contributed by atoms with E-state index in [2.05, 4.69) is 5.32 Å². The zero-order chi connectivity index (χ0) is 18.1. The summed E-state index contributed by atoms with van der Waals surface area (Å²) < 4.78 is 38.6. The van der Waals surface area contributed by atoms with Gasteiger partial charge in [0.1, 0.15) is 0 Å². The number of carboxylic acids is 1. The topological polar surface area (TPSA) is 107 Å². The number of amides is 4. The third kappa shape index (κ3) is 3.77. The van der Waals surface area contributed by atoms with Gasteiger partial charge in [0.05, 0.1) is 18.4 Å². The number of nitrogens with zero attached hydrogens (tertiary/aromatic N) is 2. The van der Waals surface area contributed by atoms with Gasteiger partial charge in [-0.2, -0.15) is 13.2 Å². The highest BCUT2D eigenvalue weighted by atomic mass is 19.4. The average molecular weight is 351 g/mol. The van der Waals surface area contributed by atoms with Crippen LogP contribution in [-0.4, -0.2) is 71.1 Å². The van der Waals surface area contributed by atoms with Gasteiger partial charge in [0.15, 0.2) is 0 Å². The molecule has 11 heteroatoms. The van der Waals surface area contributed by atoms with Gasteiger partial charge in [-0.05, 0) is 6.42 Å². The van der Waals surface area contributed by atoms with Crippen molar-refractivity contribution < 1.29 is 37.5 Å². The van der Waals surface area contributed by atoms with Crippen LogP contribution in [0.2, 0.25) is 0 Å². The van der Waals surface area contributed by atoms with Crippen molar-refractivity contribution in [2.24, 2.45) is 11.8 Å². The van der Waals surface area contributed by atoms with Crippen molar-refractivity contribution in [3.8, 4) is 0 Å². The highest BCUT2D eigenvalue weighted by Gasteiger charge is 2.53. The molecule has 0 unspecified atom stereocenters. The van der Waals surface area contributed by atoms with E-state index in [0.717, 1.165) is 9.80 Å². The number of likely N-dealkylation sites (tertiary alicyclic amines) is 1. The van der Waals surface area contributed by atoms with Crippen LogP contribution in [0.1, 0.15) is 12.8 Å². The number of hydrogen-bond acceptors (Lipinski definition) is 4. The Balaban J connectivity index is 1.88. The first-order valence-electron chi connectivity index (χ1n) is 7.26. The second-order valence-corrected chi connectivity index (χ2v) is 5.70. The van der Waals surface area contributed by atoms with E-state index in [0.29, 0.717) is 0 Å². The summed E-state index contributed by atoms with van der Waals surface area (Å²) in [6, 6.07) is -0.573. The quantitative estimate of drug-likeness (QED) is 0.680. The van der Waals surface area contributed by atoms with Crippen molar-refractivity contribution in [2.75, 3.05) is 26.2 Å². The predicted octanol–water partition coefficient (Wildman–Crippen LogP) is 0.0399. The van der Waals surface area contributed by atoms with E-state index in [-0.39, 0.29) is 25.9 Å². The lowest BCUT2D eigenvalue weighted by Crippen LogP contribution is -2.34. The SMILES string of the molecule is O=C(O)[C@@H]1CN(C(=O)CCCN2C(=O)CNC2=O)C[C@H]1C(F)(F)F. The molecule has 4 amide bonds. The Morgan fingerprint density at radius 1 is 1.25 bits per heavy atom. The Labute approximate surface area is 134 Å². The molecule has 0 aromatic rings. The minimum absolute atomic E-state index is 0.0185. The summed E-state index contributed by atoms with van der Waals surface area (Å²) in [5, 5.41) is 11.2. The van der Waals surface area contributed by atoms with Gasteiger partial charge in [0, 0.05) is 26.1 Å². The van der Waals surface area contributed by atoms with Gasteiger partial charge in [0.25, 0.3) is 0 Å². The first-order valence-corrected chi connectivity index (χ1v) is 7.26. The van der Waals surface area contributed by atoms with E-state index in [1.807, 2.05) is 0 Å². The van der Waals surface area contributed by atoms with Crippen molar-refractivity contribution in [3.63, 3.8) is 0 Å². The first kappa shape index (κ1) is 18.0. The summed E-state index contributed by atoms with van der Waals surface area (Å²) in [5.74, 6) is -6.42. The molecule has 0 aromatic heterocycles. The van der Waals surface area contributed by atoms with E-state index in [1.165, 1.54) is 0 Å². The Kier molecular flexibility index (Phi) is 4.99. The highest BCUT2D eigenvalue weighted by molar-refractivity contribution is 6.01. The van der Waals surface area contributed by atoms with Crippen LogP contribution in [0.5, 0.6) is 0 Å². The minimum atomic E-state index is -4.70. The van der Waals surface area contributed by atoms with Gasteiger partial charge < -0.3 is 15.3 Å². The van der Waals surface area contributed by atoms with Crippen molar-refractivity contribution in [2.45, 2.75) is 19.0 Å². The number of aliphatic carboxylic acids is 1. The number of urea groups is 1. The van der Waals surface area contributed by atoms with E-state index in [4.69, 9.17) is 5.11 Å². The Bertz CT molecular complexity index is 550. The lowest BCUT2D eigenvalue weighted by atomic mass is 9.96. The molecule has 0 radical (unpaired) electrons. The van der Waals surface area contributed by atoms with Crippen molar-refractivity contribution in [3.05, 3.63) is 0 Å². The average Bonchev–Trinajstić information content (AvgIpc) is 3.05. The summed E-state index contributed by atoms with van der Waals surface area (Å²) in [6.07, 6.45) is -4.77. The molecule has 0 bridgehead atoms. The van der Waals surface area contributed by atoms with Crippen molar-refractivity contribution in [1.82, 2.24) is 15.1 Å². The molecular formula is C13H16F3N3O5. The Morgan fingerprint density at radius 2 is 1.92 bits per heavy atom. The number of rotatable bonds is 5. The standard InChI is InChI=1S/C13H16F3N3O5/c14-13(15,16)8-6-18(5-7(8)11(22)23)9(20)2-1-3-19-10(21)4-17-12(19)24/h7-8H,1-6H2,(H,17,24)(H,22,23)/t7-,8-/m1/s1. The third-order valence-electron chi connectivity index (χ3n) is 4.12. The first-order chi connectivity index (χ1) is 11.1. The molecule has 2 heterocycles. The molecule has 8 nitrogen and oxygen atoms in total. The number of alkyl halides is 3. The molecule has 2 N–H and O–H groups in total. The molecule has 2 saturated heterocycles. The number of carbonyl (C=O) groups is 4. The van der Waals surface area contributed by atoms with Gasteiger partial charge in [0.2, 0.25) is 11.8 Å². The third-order valence-corrected chi connectivity index (χ3v) is 4.12. The molecular weight excluding hydrogens is 335 g/mol. The molecule has 2 atom stereocenters. The maximum absolute atomic E-state index is 12.9. The van der Waals surface area contributed by atoms with E-state index in [9.17, 15) is 32.3 Å². The van der Waals surface area contributed by atoms with Gasteiger partial charge in [-0.15, -0.1) is 0 Å². The number of hydrogen-bond donors (Lipinski definition) is 2. The molecule has 0 aromatic carbocycles.